The molecule has 2 rings (SSSR count). The first-order valence-corrected chi connectivity index (χ1v) is 8.42. The van der Waals surface area contributed by atoms with Crippen molar-refractivity contribution in [3.05, 3.63) is 65.5 Å². The second-order valence-corrected chi connectivity index (χ2v) is 6.72. The van der Waals surface area contributed by atoms with Crippen molar-refractivity contribution in [2.45, 2.75) is 23.6 Å². The average molecular weight is 380 g/mol. The van der Waals surface area contributed by atoms with Crippen LogP contribution in [0.1, 0.15) is 12.5 Å². The Morgan fingerprint density at radius 2 is 1.88 bits per heavy atom. The molecule has 26 heavy (non-hydrogen) atoms. The van der Waals surface area contributed by atoms with Gasteiger partial charge in [-0.3, -0.25) is 4.79 Å². The van der Waals surface area contributed by atoms with Crippen LogP contribution in [0.3, 0.4) is 0 Å². The predicted molar refractivity (Wildman–Crippen MR) is 94.1 cm³/mol. The fourth-order valence-electron chi connectivity index (χ4n) is 2.01. The highest BCUT2D eigenvalue weighted by Crippen LogP contribution is 2.38. The number of rotatable bonds is 5. The molecule has 0 saturated carbocycles. The van der Waals surface area contributed by atoms with E-state index < -0.39 is 28.9 Å². The van der Waals surface area contributed by atoms with Crippen LogP contribution in [-0.4, -0.2) is 22.4 Å². The van der Waals surface area contributed by atoms with Gasteiger partial charge in [-0.25, -0.2) is 4.85 Å². The number of carbonyl (C=O) groups is 1. The summed E-state index contributed by atoms with van der Waals surface area (Å²) in [5.41, 5.74) is -3.62. The number of hydrogen-bond acceptors (Lipinski definition) is 3. The number of anilines is 1. The number of thioether (sulfide) groups is 1. The molecule has 4 nitrogen and oxygen atoms in total. The summed E-state index contributed by atoms with van der Waals surface area (Å²) in [4.78, 5) is 15.9. The Hall–Kier alpha value is -2.50. The zero-order valence-corrected chi connectivity index (χ0v) is 14.5. The Morgan fingerprint density at radius 1 is 1.23 bits per heavy atom. The minimum atomic E-state index is -4.72. The first-order chi connectivity index (χ1) is 12.1. The summed E-state index contributed by atoms with van der Waals surface area (Å²) in [6.45, 7) is 8.10. The number of aliphatic hydroxyl groups is 1. The third kappa shape index (κ3) is 5.00. The van der Waals surface area contributed by atoms with Crippen LogP contribution in [0.5, 0.6) is 0 Å². The molecule has 1 unspecified atom stereocenters. The number of nitrogens with one attached hydrogen (secondary N) is 1. The number of nitrogens with zero attached hydrogens (tertiary/aromatic N) is 1. The second-order valence-electron chi connectivity index (χ2n) is 5.67. The topological polar surface area (TPSA) is 53.7 Å². The Morgan fingerprint density at radius 3 is 2.46 bits per heavy atom. The van der Waals surface area contributed by atoms with Crippen LogP contribution in [0.2, 0.25) is 0 Å². The van der Waals surface area contributed by atoms with Crippen molar-refractivity contribution >= 4 is 29.0 Å². The van der Waals surface area contributed by atoms with E-state index in [0.717, 1.165) is 11.0 Å². The van der Waals surface area contributed by atoms with E-state index in [2.05, 4.69) is 10.2 Å². The van der Waals surface area contributed by atoms with Crippen LogP contribution in [0.15, 0.2) is 53.4 Å². The zero-order chi connectivity index (χ0) is 19.4. The van der Waals surface area contributed by atoms with Crippen LogP contribution in [-0.2, 0) is 11.0 Å². The van der Waals surface area contributed by atoms with Crippen molar-refractivity contribution in [2.24, 2.45) is 0 Å². The molecule has 1 amide bonds. The molecule has 2 aromatic rings. The molecule has 2 N–H and O–H groups in total. The highest BCUT2D eigenvalue weighted by atomic mass is 32.2. The molecule has 0 aliphatic carbocycles. The zero-order valence-electron chi connectivity index (χ0n) is 13.7. The maximum Gasteiger partial charge on any atom is 0.407 e. The van der Waals surface area contributed by atoms with Crippen LogP contribution in [0, 0.1) is 6.57 Å². The summed E-state index contributed by atoms with van der Waals surface area (Å²) in [7, 11) is 0. The average Bonchev–Trinajstić information content (AvgIpc) is 2.60. The number of halogens is 3. The molecular formula is C18H15F3N2O2S. The van der Waals surface area contributed by atoms with Gasteiger partial charge < -0.3 is 10.4 Å². The summed E-state index contributed by atoms with van der Waals surface area (Å²) in [5.74, 6) is -0.806. The number of alkyl halides is 3. The predicted octanol–water partition coefficient (Wildman–Crippen LogP) is 4.74. The minimum absolute atomic E-state index is 0.0229. The van der Waals surface area contributed by atoms with E-state index in [4.69, 9.17) is 6.57 Å². The molecule has 0 aliphatic rings. The standard InChI is InChI=1S/C18H15F3N2O2S/c1-17(25,11-26-13-6-4-3-5-7-13)16(24)23-12-8-9-15(22-2)14(10-12)18(19,20)21/h3-10,25H,11H2,1H3,(H,23,24). The van der Waals surface area contributed by atoms with Gasteiger partial charge in [0.05, 0.1) is 12.1 Å². The lowest BCUT2D eigenvalue weighted by molar-refractivity contribution is -0.137. The molecule has 0 bridgehead atoms. The number of carbonyl (C=O) groups excluding carboxylic acids is 1. The number of amides is 1. The molecule has 0 heterocycles. The monoisotopic (exact) mass is 380 g/mol. The smallest absolute Gasteiger partial charge is 0.379 e. The summed E-state index contributed by atoms with van der Waals surface area (Å²) in [5, 5.41) is 12.6. The number of hydrogen-bond donors (Lipinski definition) is 2. The van der Waals surface area contributed by atoms with E-state index >= 15 is 0 Å². The molecule has 0 aromatic heterocycles. The van der Waals surface area contributed by atoms with Gasteiger partial charge in [0.25, 0.3) is 5.91 Å². The van der Waals surface area contributed by atoms with Gasteiger partial charge in [0.15, 0.2) is 5.69 Å². The molecule has 1 atom stereocenters. The highest BCUT2D eigenvalue weighted by Gasteiger charge is 2.35. The van der Waals surface area contributed by atoms with Gasteiger partial charge >= 0.3 is 6.18 Å². The van der Waals surface area contributed by atoms with E-state index in [-0.39, 0.29) is 11.4 Å². The van der Waals surface area contributed by atoms with Crippen molar-refractivity contribution < 1.29 is 23.1 Å². The van der Waals surface area contributed by atoms with Gasteiger partial charge in [0.1, 0.15) is 5.60 Å². The summed E-state index contributed by atoms with van der Waals surface area (Å²) >= 11 is 1.25. The Bertz CT molecular complexity index is 831. The Labute approximate surface area is 152 Å². The largest absolute Gasteiger partial charge is 0.407 e. The van der Waals surface area contributed by atoms with Crippen molar-refractivity contribution in [1.82, 2.24) is 0 Å². The van der Waals surface area contributed by atoms with E-state index in [9.17, 15) is 23.1 Å². The van der Waals surface area contributed by atoms with E-state index in [1.54, 1.807) is 0 Å². The van der Waals surface area contributed by atoms with Gasteiger partial charge in [-0.2, -0.15) is 13.2 Å². The quantitative estimate of drug-likeness (QED) is 0.582. The lowest BCUT2D eigenvalue weighted by Gasteiger charge is -2.22. The van der Waals surface area contributed by atoms with Crippen LogP contribution < -0.4 is 5.32 Å². The van der Waals surface area contributed by atoms with Crippen molar-refractivity contribution in [3.8, 4) is 0 Å². The Balaban J connectivity index is 2.12. The fraction of sp³-hybridized carbons (Fsp3) is 0.222. The molecule has 8 heteroatoms. The molecule has 0 saturated heterocycles. The van der Waals surface area contributed by atoms with Crippen molar-refractivity contribution in [2.75, 3.05) is 11.1 Å². The van der Waals surface area contributed by atoms with Crippen molar-refractivity contribution in [1.29, 1.82) is 0 Å². The van der Waals surface area contributed by atoms with Crippen LogP contribution >= 0.6 is 11.8 Å². The molecule has 0 aliphatic heterocycles. The third-order valence-corrected chi connectivity index (χ3v) is 4.74. The Kier molecular flexibility index (Phi) is 5.95. The lowest BCUT2D eigenvalue weighted by Crippen LogP contribution is -2.42. The molecule has 2 aromatic carbocycles. The molecule has 136 valence electrons. The van der Waals surface area contributed by atoms with E-state index in [1.807, 2.05) is 30.3 Å². The summed E-state index contributed by atoms with van der Waals surface area (Å²) < 4.78 is 39.0. The summed E-state index contributed by atoms with van der Waals surface area (Å²) in [6, 6.07) is 12.0. The minimum Gasteiger partial charge on any atom is -0.379 e. The third-order valence-electron chi connectivity index (χ3n) is 3.43. The first-order valence-electron chi connectivity index (χ1n) is 7.44. The van der Waals surface area contributed by atoms with E-state index in [0.29, 0.717) is 6.07 Å². The normalized spacial score (nSPS) is 13.5. The van der Waals surface area contributed by atoms with Gasteiger partial charge in [-0.05, 0) is 31.2 Å². The molecule has 0 radical (unpaired) electrons. The fourth-order valence-corrected chi connectivity index (χ4v) is 2.94. The van der Waals surface area contributed by atoms with E-state index in [1.165, 1.54) is 24.8 Å². The molecule has 0 spiro atoms. The van der Waals surface area contributed by atoms with Gasteiger partial charge in [0.2, 0.25) is 0 Å². The first kappa shape index (κ1) is 19.8. The molecule has 0 fully saturated rings. The molecular weight excluding hydrogens is 365 g/mol. The van der Waals surface area contributed by atoms with Gasteiger partial charge in [-0.1, -0.05) is 24.3 Å². The van der Waals surface area contributed by atoms with Crippen LogP contribution in [0.25, 0.3) is 4.85 Å². The highest BCUT2D eigenvalue weighted by molar-refractivity contribution is 7.99. The van der Waals surface area contributed by atoms with Gasteiger partial charge in [-0.15, -0.1) is 11.8 Å². The lowest BCUT2D eigenvalue weighted by atomic mass is 10.1. The second kappa shape index (κ2) is 7.81. The summed E-state index contributed by atoms with van der Waals surface area (Å²) in [6.07, 6.45) is -4.72. The maximum atomic E-state index is 13.0. The number of benzene rings is 2. The van der Waals surface area contributed by atoms with Gasteiger partial charge in [0, 0.05) is 16.3 Å². The van der Waals surface area contributed by atoms with Crippen molar-refractivity contribution in [3.63, 3.8) is 0 Å². The maximum absolute atomic E-state index is 13.0. The SMILES string of the molecule is [C-]#[N+]c1ccc(NC(=O)C(C)(O)CSc2ccccc2)cc1C(F)(F)F. The van der Waals surface area contributed by atoms with Crippen LogP contribution in [0.4, 0.5) is 24.5 Å².